The number of rotatable bonds is 12. The zero-order valence-electron chi connectivity index (χ0n) is 15.5. The number of phenolic OH excluding ortho intramolecular Hbond substituents is 1. The van der Waals surface area contributed by atoms with Gasteiger partial charge in [0.2, 0.25) is 0 Å². The van der Waals surface area contributed by atoms with Gasteiger partial charge in [-0.05, 0) is 32.2 Å². The average molecular weight is 322 g/mol. The highest BCUT2D eigenvalue weighted by Crippen LogP contribution is 2.17. The maximum absolute atomic E-state index is 10.1. The number of para-hydroxylation sites is 1. The van der Waals surface area contributed by atoms with Crippen molar-refractivity contribution >= 4 is 0 Å². The molecular formula is C19H35N3O. The van der Waals surface area contributed by atoms with Crippen LogP contribution in [0.25, 0.3) is 0 Å². The summed E-state index contributed by atoms with van der Waals surface area (Å²) in [5.74, 6) is 0.406. The van der Waals surface area contributed by atoms with Crippen LogP contribution in [0, 0.1) is 0 Å². The fraction of sp³-hybridized carbons (Fsp3) is 0.684. The monoisotopic (exact) mass is 321 g/mol. The minimum atomic E-state index is 0.406. The summed E-state index contributed by atoms with van der Waals surface area (Å²) in [6.07, 6.45) is 0. The zero-order valence-corrected chi connectivity index (χ0v) is 15.5. The predicted octanol–water partition coefficient (Wildman–Crippen LogP) is 2.88. The fourth-order valence-electron chi connectivity index (χ4n) is 2.80. The Hall–Kier alpha value is -1.10. The van der Waals surface area contributed by atoms with Crippen molar-refractivity contribution in [3.8, 4) is 5.75 Å². The Morgan fingerprint density at radius 3 is 1.57 bits per heavy atom. The first-order chi connectivity index (χ1) is 11.1. The van der Waals surface area contributed by atoms with E-state index >= 15 is 0 Å². The topological polar surface area (TPSA) is 30.0 Å². The molecule has 23 heavy (non-hydrogen) atoms. The summed E-state index contributed by atoms with van der Waals surface area (Å²) in [6.45, 7) is 18.3. The third-order valence-electron chi connectivity index (χ3n) is 4.64. The molecule has 0 aromatic heterocycles. The van der Waals surface area contributed by atoms with Crippen LogP contribution in [0.5, 0.6) is 5.75 Å². The molecule has 0 aliphatic heterocycles. The molecular weight excluding hydrogens is 286 g/mol. The molecule has 0 saturated heterocycles. The van der Waals surface area contributed by atoms with Crippen LogP contribution >= 0.6 is 0 Å². The van der Waals surface area contributed by atoms with Crippen LogP contribution in [0.1, 0.15) is 33.3 Å². The van der Waals surface area contributed by atoms with E-state index in [9.17, 15) is 5.11 Å². The van der Waals surface area contributed by atoms with E-state index in [0.717, 1.165) is 64.5 Å². The lowest BCUT2D eigenvalue weighted by Crippen LogP contribution is -2.39. The van der Waals surface area contributed by atoms with Crippen molar-refractivity contribution < 1.29 is 5.11 Å². The van der Waals surface area contributed by atoms with Crippen molar-refractivity contribution in [1.29, 1.82) is 0 Å². The minimum absolute atomic E-state index is 0.406. The third-order valence-corrected chi connectivity index (χ3v) is 4.64. The highest BCUT2D eigenvalue weighted by molar-refractivity contribution is 5.31. The quantitative estimate of drug-likeness (QED) is 0.641. The van der Waals surface area contributed by atoms with Crippen LogP contribution < -0.4 is 0 Å². The van der Waals surface area contributed by atoms with Gasteiger partial charge in [-0.25, -0.2) is 0 Å². The van der Waals surface area contributed by atoms with Gasteiger partial charge in [0.15, 0.2) is 0 Å². The van der Waals surface area contributed by atoms with E-state index in [2.05, 4.69) is 42.4 Å². The van der Waals surface area contributed by atoms with E-state index in [1.165, 1.54) is 0 Å². The molecule has 4 nitrogen and oxygen atoms in total. The van der Waals surface area contributed by atoms with Crippen LogP contribution in [0.2, 0.25) is 0 Å². The first-order valence-corrected chi connectivity index (χ1v) is 9.08. The molecule has 1 aromatic rings. The van der Waals surface area contributed by atoms with Crippen molar-refractivity contribution in [2.45, 2.75) is 34.2 Å². The average Bonchev–Trinajstić information content (AvgIpc) is 2.58. The van der Waals surface area contributed by atoms with Gasteiger partial charge in [0, 0.05) is 38.3 Å². The first-order valence-electron chi connectivity index (χ1n) is 9.08. The summed E-state index contributed by atoms with van der Waals surface area (Å²) in [5, 5.41) is 10.1. The van der Waals surface area contributed by atoms with Gasteiger partial charge < -0.3 is 14.9 Å². The lowest BCUT2D eigenvalue weighted by atomic mass is 10.2. The SMILES string of the molecule is CCN(CC)CCN(CCN(CC)CC)Cc1ccccc1O. The van der Waals surface area contributed by atoms with Gasteiger partial charge in [0.05, 0.1) is 0 Å². The number of hydrogen-bond donors (Lipinski definition) is 1. The Labute approximate surface area is 142 Å². The molecule has 1 rings (SSSR count). The minimum Gasteiger partial charge on any atom is -0.508 e. The molecule has 1 aromatic carbocycles. The van der Waals surface area contributed by atoms with E-state index in [1.54, 1.807) is 6.07 Å². The molecule has 0 saturated carbocycles. The maximum atomic E-state index is 10.1. The van der Waals surface area contributed by atoms with Gasteiger partial charge in [-0.3, -0.25) is 4.90 Å². The molecule has 0 amide bonds. The molecule has 0 bridgehead atoms. The molecule has 132 valence electrons. The van der Waals surface area contributed by atoms with Crippen LogP contribution in [0.15, 0.2) is 24.3 Å². The van der Waals surface area contributed by atoms with Gasteiger partial charge in [0.1, 0.15) is 5.75 Å². The Morgan fingerprint density at radius 2 is 1.13 bits per heavy atom. The number of likely N-dealkylation sites (N-methyl/N-ethyl adjacent to an activating group) is 2. The molecule has 0 aliphatic rings. The number of phenols is 1. The van der Waals surface area contributed by atoms with E-state index < -0.39 is 0 Å². The summed E-state index contributed by atoms with van der Waals surface area (Å²) >= 11 is 0. The second-order valence-corrected chi connectivity index (χ2v) is 5.96. The van der Waals surface area contributed by atoms with E-state index in [-0.39, 0.29) is 0 Å². The highest BCUT2D eigenvalue weighted by atomic mass is 16.3. The second-order valence-electron chi connectivity index (χ2n) is 5.96. The van der Waals surface area contributed by atoms with Crippen molar-refractivity contribution in [2.24, 2.45) is 0 Å². The van der Waals surface area contributed by atoms with Gasteiger partial charge in [0.25, 0.3) is 0 Å². The molecule has 0 unspecified atom stereocenters. The van der Waals surface area contributed by atoms with E-state index in [4.69, 9.17) is 0 Å². The largest absolute Gasteiger partial charge is 0.508 e. The Bertz CT molecular complexity index is 401. The summed E-state index contributed by atoms with van der Waals surface area (Å²) in [7, 11) is 0. The van der Waals surface area contributed by atoms with Gasteiger partial charge >= 0.3 is 0 Å². The standard InChI is InChI=1S/C19H35N3O/c1-5-20(6-2)13-15-22(16-14-21(7-3)8-4)17-18-11-9-10-12-19(18)23/h9-12,23H,5-8,13-17H2,1-4H3. The molecule has 0 aliphatic carbocycles. The molecule has 0 heterocycles. The molecule has 1 N–H and O–H groups in total. The Balaban J connectivity index is 2.65. The van der Waals surface area contributed by atoms with Crippen molar-refractivity contribution in [2.75, 3.05) is 52.4 Å². The normalized spacial score (nSPS) is 11.8. The van der Waals surface area contributed by atoms with Crippen LogP contribution in [0.4, 0.5) is 0 Å². The number of nitrogens with zero attached hydrogens (tertiary/aromatic N) is 3. The van der Waals surface area contributed by atoms with Crippen molar-refractivity contribution in [3.05, 3.63) is 29.8 Å². The second kappa shape index (κ2) is 11.4. The van der Waals surface area contributed by atoms with E-state index in [1.807, 2.05) is 18.2 Å². The molecule has 0 fully saturated rings. The third kappa shape index (κ3) is 7.34. The summed E-state index contributed by atoms with van der Waals surface area (Å²) in [4.78, 5) is 7.37. The predicted molar refractivity (Wildman–Crippen MR) is 99.0 cm³/mol. The number of benzene rings is 1. The first kappa shape index (κ1) is 19.9. The number of hydrogen-bond acceptors (Lipinski definition) is 4. The lowest BCUT2D eigenvalue weighted by molar-refractivity contribution is 0.179. The lowest BCUT2D eigenvalue weighted by Gasteiger charge is -2.29. The van der Waals surface area contributed by atoms with Crippen LogP contribution in [0.3, 0.4) is 0 Å². The van der Waals surface area contributed by atoms with Crippen molar-refractivity contribution in [1.82, 2.24) is 14.7 Å². The molecule has 0 atom stereocenters. The Morgan fingerprint density at radius 1 is 0.696 bits per heavy atom. The Kier molecular flexibility index (Phi) is 9.92. The summed E-state index contributed by atoms with van der Waals surface area (Å²) in [5.41, 5.74) is 1.02. The summed E-state index contributed by atoms with van der Waals surface area (Å²) < 4.78 is 0. The maximum Gasteiger partial charge on any atom is 0.120 e. The smallest absolute Gasteiger partial charge is 0.120 e. The highest BCUT2D eigenvalue weighted by Gasteiger charge is 2.11. The molecule has 0 spiro atoms. The molecule has 0 radical (unpaired) electrons. The van der Waals surface area contributed by atoms with Gasteiger partial charge in [-0.2, -0.15) is 0 Å². The number of aromatic hydroxyl groups is 1. The fourth-order valence-corrected chi connectivity index (χ4v) is 2.80. The summed E-state index contributed by atoms with van der Waals surface area (Å²) in [6, 6.07) is 7.69. The van der Waals surface area contributed by atoms with Gasteiger partial charge in [-0.1, -0.05) is 45.9 Å². The van der Waals surface area contributed by atoms with Crippen LogP contribution in [-0.4, -0.2) is 72.2 Å². The van der Waals surface area contributed by atoms with Crippen molar-refractivity contribution in [3.63, 3.8) is 0 Å². The van der Waals surface area contributed by atoms with Crippen LogP contribution in [-0.2, 0) is 6.54 Å². The zero-order chi connectivity index (χ0) is 17.1. The van der Waals surface area contributed by atoms with Gasteiger partial charge in [-0.15, -0.1) is 0 Å². The molecule has 4 heteroatoms. The van der Waals surface area contributed by atoms with E-state index in [0.29, 0.717) is 5.75 Å².